The highest BCUT2D eigenvalue weighted by Gasteiger charge is 2.15. The van der Waals surface area contributed by atoms with Gasteiger partial charge in [-0.3, -0.25) is 0 Å². The molecule has 0 bridgehead atoms. The van der Waals surface area contributed by atoms with Crippen LogP contribution < -0.4 is 4.74 Å². The van der Waals surface area contributed by atoms with Gasteiger partial charge in [-0.25, -0.2) is 0 Å². The third-order valence-electron chi connectivity index (χ3n) is 2.21. The Hall–Kier alpha value is -0.770. The number of rotatable bonds is 5. The van der Waals surface area contributed by atoms with Crippen LogP contribution in [-0.2, 0) is 6.42 Å². The lowest BCUT2D eigenvalue weighted by Crippen LogP contribution is -2.29. The van der Waals surface area contributed by atoms with Crippen LogP contribution in [0, 0.1) is 0 Å². The molecule has 15 heavy (non-hydrogen) atoms. The van der Waals surface area contributed by atoms with E-state index in [2.05, 4.69) is 0 Å². The fourth-order valence-electron chi connectivity index (χ4n) is 1.24. The molecule has 0 fully saturated rings. The Labute approximate surface area is 94.3 Å². The molecule has 2 N–H and O–H groups in total. The highest BCUT2D eigenvalue weighted by Crippen LogP contribution is 2.13. The van der Waals surface area contributed by atoms with E-state index in [1.165, 1.54) is 0 Å². The molecule has 84 valence electrons. The van der Waals surface area contributed by atoms with Crippen molar-refractivity contribution in [3.63, 3.8) is 0 Å². The summed E-state index contributed by atoms with van der Waals surface area (Å²) in [6.45, 7) is 0. The number of alkyl halides is 1. The third-order valence-corrected chi connectivity index (χ3v) is 2.52. The molecule has 2 atom stereocenters. The zero-order valence-corrected chi connectivity index (χ0v) is 9.31. The highest BCUT2D eigenvalue weighted by atomic mass is 35.5. The van der Waals surface area contributed by atoms with Crippen LogP contribution in [0.25, 0.3) is 0 Å². The second kappa shape index (κ2) is 5.95. The first kappa shape index (κ1) is 12.3. The molecule has 2 unspecified atom stereocenters. The Bertz CT molecular complexity index is 286. The predicted octanol–water partition coefficient (Wildman–Crippen LogP) is 1.20. The Balaban J connectivity index is 2.57. The molecule has 0 aliphatic rings. The lowest BCUT2D eigenvalue weighted by atomic mass is 10.0. The van der Waals surface area contributed by atoms with E-state index < -0.39 is 12.2 Å². The Morgan fingerprint density at radius 1 is 1.20 bits per heavy atom. The molecule has 0 amide bonds. The number of methoxy groups -OCH3 is 1. The van der Waals surface area contributed by atoms with Gasteiger partial charge in [0, 0.05) is 6.42 Å². The Morgan fingerprint density at radius 2 is 1.80 bits per heavy atom. The normalized spacial score (nSPS) is 14.7. The van der Waals surface area contributed by atoms with Crippen LogP contribution in [0.3, 0.4) is 0 Å². The molecule has 1 rings (SSSR count). The summed E-state index contributed by atoms with van der Waals surface area (Å²) in [5.74, 6) is 0.809. The first-order valence-electron chi connectivity index (χ1n) is 4.72. The molecular weight excluding hydrogens is 216 g/mol. The van der Waals surface area contributed by atoms with Gasteiger partial charge < -0.3 is 14.9 Å². The number of aliphatic hydroxyl groups excluding tert-OH is 2. The summed E-state index contributed by atoms with van der Waals surface area (Å²) in [5.41, 5.74) is 0.937. The molecule has 1 aromatic rings. The van der Waals surface area contributed by atoms with Crippen molar-refractivity contribution in [1.29, 1.82) is 0 Å². The maximum absolute atomic E-state index is 9.53. The van der Waals surface area contributed by atoms with Gasteiger partial charge in [-0.1, -0.05) is 12.1 Å². The van der Waals surface area contributed by atoms with E-state index in [-0.39, 0.29) is 5.88 Å². The number of halogens is 1. The molecule has 0 heterocycles. The first-order valence-corrected chi connectivity index (χ1v) is 5.26. The summed E-state index contributed by atoms with van der Waals surface area (Å²) in [5, 5.41) is 18.8. The van der Waals surface area contributed by atoms with Crippen molar-refractivity contribution in [1.82, 2.24) is 0 Å². The van der Waals surface area contributed by atoms with Crippen molar-refractivity contribution in [2.45, 2.75) is 18.6 Å². The molecule has 0 aliphatic carbocycles. The van der Waals surface area contributed by atoms with Gasteiger partial charge in [0.1, 0.15) is 5.75 Å². The quantitative estimate of drug-likeness (QED) is 0.748. The number of hydrogen-bond donors (Lipinski definition) is 2. The predicted molar refractivity (Wildman–Crippen MR) is 59.4 cm³/mol. The van der Waals surface area contributed by atoms with E-state index in [9.17, 15) is 10.2 Å². The van der Waals surface area contributed by atoms with Crippen LogP contribution in [-0.4, -0.2) is 35.4 Å². The SMILES string of the molecule is COc1ccc(CC(O)C(O)CCl)cc1. The molecule has 3 nitrogen and oxygen atoms in total. The van der Waals surface area contributed by atoms with Gasteiger partial charge in [0.25, 0.3) is 0 Å². The van der Waals surface area contributed by atoms with Crippen molar-refractivity contribution in [3.05, 3.63) is 29.8 Å². The molecule has 0 saturated carbocycles. The van der Waals surface area contributed by atoms with Gasteiger partial charge >= 0.3 is 0 Å². The zero-order valence-electron chi connectivity index (χ0n) is 8.56. The average molecular weight is 231 g/mol. The van der Waals surface area contributed by atoms with Crippen LogP contribution >= 0.6 is 11.6 Å². The second-order valence-corrected chi connectivity index (χ2v) is 3.65. The van der Waals surface area contributed by atoms with Crippen LogP contribution in [0.5, 0.6) is 5.75 Å². The molecular formula is C11H15ClO3. The van der Waals surface area contributed by atoms with Crippen molar-refractivity contribution in [2.24, 2.45) is 0 Å². The van der Waals surface area contributed by atoms with Gasteiger partial charge in [-0.05, 0) is 17.7 Å². The average Bonchev–Trinajstić information content (AvgIpc) is 2.29. The minimum absolute atomic E-state index is 0.0390. The molecule has 0 saturated heterocycles. The lowest BCUT2D eigenvalue weighted by Gasteiger charge is -2.15. The molecule has 0 aliphatic heterocycles. The highest BCUT2D eigenvalue weighted by molar-refractivity contribution is 6.18. The van der Waals surface area contributed by atoms with Gasteiger partial charge in [0.15, 0.2) is 0 Å². The topological polar surface area (TPSA) is 49.7 Å². The van der Waals surface area contributed by atoms with Crippen molar-refractivity contribution in [3.8, 4) is 5.75 Å². The minimum Gasteiger partial charge on any atom is -0.497 e. The van der Waals surface area contributed by atoms with Crippen LogP contribution in [0.15, 0.2) is 24.3 Å². The summed E-state index contributed by atoms with van der Waals surface area (Å²) in [6.07, 6.45) is -1.32. The zero-order chi connectivity index (χ0) is 11.3. The minimum atomic E-state index is -0.881. The monoisotopic (exact) mass is 230 g/mol. The van der Waals surface area contributed by atoms with Gasteiger partial charge in [0.05, 0.1) is 25.2 Å². The van der Waals surface area contributed by atoms with Gasteiger partial charge in [-0.15, -0.1) is 11.6 Å². The van der Waals surface area contributed by atoms with E-state index in [0.717, 1.165) is 11.3 Å². The molecule has 1 aromatic carbocycles. The largest absolute Gasteiger partial charge is 0.497 e. The fourth-order valence-corrected chi connectivity index (χ4v) is 1.45. The van der Waals surface area contributed by atoms with E-state index in [0.29, 0.717) is 6.42 Å². The van der Waals surface area contributed by atoms with Crippen molar-refractivity contribution in [2.75, 3.05) is 13.0 Å². The molecule has 4 heteroatoms. The molecule has 0 radical (unpaired) electrons. The summed E-state index contributed by atoms with van der Waals surface area (Å²) in [6, 6.07) is 7.33. The van der Waals surface area contributed by atoms with E-state index >= 15 is 0 Å². The number of ether oxygens (including phenoxy) is 1. The molecule has 0 aromatic heterocycles. The summed E-state index contributed by atoms with van der Waals surface area (Å²) in [4.78, 5) is 0. The second-order valence-electron chi connectivity index (χ2n) is 3.34. The summed E-state index contributed by atoms with van der Waals surface area (Å²) < 4.78 is 5.01. The summed E-state index contributed by atoms with van der Waals surface area (Å²) >= 11 is 5.43. The Morgan fingerprint density at radius 3 is 2.27 bits per heavy atom. The van der Waals surface area contributed by atoms with Crippen LogP contribution in [0.4, 0.5) is 0 Å². The van der Waals surface area contributed by atoms with E-state index in [1.54, 1.807) is 7.11 Å². The van der Waals surface area contributed by atoms with Gasteiger partial charge in [-0.2, -0.15) is 0 Å². The van der Waals surface area contributed by atoms with Crippen LogP contribution in [0.2, 0.25) is 0 Å². The summed E-state index contributed by atoms with van der Waals surface area (Å²) in [7, 11) is 1.60. The maximum Gasteiger partial charge on any atom is 0.118 e. The number of aliphatic hydroxyl groups is 2. The maximum atomic E-state index is 9.53. The number of hydrogen-bond acceptors (Lipinski definition) is 3. The van der Waals surface area contributed by atoms with Crippen LogP contribution in [0.1, 0.15) is 5.56 Å². The molecule has 0 spiro atoms. The fraction of sp³-hybridized carbons (Fsp3) is 0.455. The smallest absolute Gasteiger partial charge is 0.118 e. The van der Waals surface area contributed by atoms with Crippen molar-refractivity contribution < 1.29 is 14.9 Å². The van der Waals surface area contributed by atoms with Crippen molar-refractivity contribution >= 4 is 11.6 Å². The third kappa shape index (κ3) is 3.70. The lowest BCUT2D eigenvalue weighted by molar-refractivity contribution is 0.0341. The van der Waals surface area contributed by atoms with E-state index in [4.69, 9.17) is 16.3 Å². The number of benzene rings is 1. The first-order chi connectivity index (χ1) is 7.17. The van der Waals surface area contributed by atoms with Gasteiger partial charge in [0.2, 0.25) is 0 Å². The van der Waals surface area contributed by atoms with E-state index in [1.807, 2.05) is 24.3 Å². The Kier molecular flexibility index (Phi) is 4.88. The standard InChI is InChI=1S/C11H15ClO3/c1-15-9-4-2-8(3-5-9)6-10(13)11(14)7-12/h2-5,10-11,13-14H,6-7H2,1H3.